The van der Waals surface area contributed by atoms with Gasteiger partial charge in [-0.2, -0.15) is 0 Å². The second kappa shape index (κ2) is 6.06. The smallest absolute Gasteiger partial charge is 0.223 e. The minimum Gasteiger partial charge on any atom is -0.390 e. The molecule has 5 heteroatoms. The lowest BCUT2D eigenvalue weighted by atomic mass is 9.94. The SMILES string of the molecule is CC1OC2(c3ccc(F)c(CC4Cc5ccccc5S4)c3)OC2CC1O. The van der Waals surface area contributed by atoms with Gasteiger partial charge >= 0.3 is 0 Å². The molecule has 0 bridgehead atoms. The fourth-order valence-electron chi connectivity index (χ4n) is 4.13. The molecule has 0 radical (unpaired) electrons. The van der Waals surface area contributed by atoms with Gasteiger partial charge in [0.1, 0.15) is 11.9 Å². The van der Waals surface area contributed by atoms with Crippen molar-refractivity contribution >= 4 is 11.8 Å². The standard InChI is InChI=1S/C21H21FO3S/c1-12-18(23)11-20-21(24-12,25-20)15-6-7-17(22)14(8-15)10-16-9-13-4-2-3-5-19(13)26-16/h2-8,12,16,18,20,23H,9-11H2,1H3. The van der Waals surface area contributed by atoms with Gasteiger partial charge in [-0.15, -0.1) is 11.8 Å². The molecule has 1 N–H and O–H groups in total. The first-order chi connectivity index (χ1) is 12.5. The highest BCUT2D eigenvalue weighted by Crippen LogP contribution is 2.54. The predicted molar refractivity (Wildman–Crippen MR) is 97.6 cm³/mol. The van der Waals surface area contributed by atoms with Crippen LogP contribution in [0.1, 0.15) is 30.0 Å². The number of halogens is 1. The number of hydrogen-bond donors (Lipinski definition) is 1. The molecule has 0 aliphatic carbocycles. The van der Waals surface area contributed by atoms with E-state index >= 15 is 0 Å². The molecule has 0 amide bonds. The summed E-state index contributed by atoms with van der Waals surface area (Å²) >= 11 is 1.83. The summed E-state index contributed by atoms with van der Waals surface area (Å²) in [6, 6.07) is 13.6. The van der Waals surface area contributed by atoms with Crippen molar-refractivity contribution in [1.82, 2.24) is 0 Å². The van der Waals surface area contributed by atoms with Gasteiger partial charge in [0.05, 0.1) is 12.2 Å². The molecular formula is C21H21FO3S. The third-order valence-corrected chi connectivity index (χ3v) is 6.97. The minimum atomic E-state index is -0.799. The molecule has 3 nitrogen and oxygen atoms in total. The topological polar surface area (TPSA) is 42.0 Å². The second-order valence-electron chi connectivity index (χ2n) is 7.46. The van der Waals surface area contributed by atoms with Crippen molar-refractivity contribution in [3.63, 3.8) is 0 Å². The van der Waals surface area contributed by atoms with Gasteiger partial charge in [0, 0.05) is 22.1 Å². The molecule has 0 spiro atoms. The van der Waals surface area contributed by atoms with Gasteiger partial charge in [-0.3, -0.25) is 0 Å². The average Bonchev–Trinajstić information content (AvgIpc) is 3.17. The van der Waals surface area contributed by atoms with Crippen molar-refractivity contribution < 1.29 is 19.0 Å². The summed E-state index contributed by atoms with van der Waals surface area (Å²) in [4.78, 5) is 1.30. The number of aliphatic hydroxyl groups is 1. The van der Waals surface area contributed by atoms with Crippen molar-refractivity contribution in [1.29, 1.82) is 0 Å². The van der Waals surface area contributed by atoms with Gasteiger partial charge in [0.25, 0.3) is 0 Å². The van der Waals surface area contributed by atoms with Gasteiger partial charge < -0.3 is 14.6 Å². The maximum atomic E-state index is 14.5. The molecule has 2 fully saturated rings. The number of rotatable bonds is 3. The molecule has 3 heterocycles. The Kier molecular flexibility index (Phi) is 3.90. The highest BCUT2D eigenvalue weighted by Gasteiger charge is 2.64. The summed E-state index contributed by atoms with van der Waals surface area (Å²) in [5.41, 5.74) is 2.92. The number of epoxide rings is 1. The van der Waals surface area contributed by atoms with Crippen molar-refractivity contribution in [2.45, 2.75) is 60.4 Å². The zero-order chi connectivity index (χ0) is 17.9. The van der Waals surface area contributed by atoms with Crippen LogP contribution in [-0.2, 0) is 28.1 Å². The van der Waals surface area contributed by atoms with Crippen molar-refractivity contribution in [3.8, 4) is 0 Å². The zero-order valence-electron chi connectivity index (χ0n) is 14.5. The maximum absolute atomic E-state index is 14.5. The Bertz CT molecular complexity index is 832. The van der Waals surface area contributed by atoms with E-state index in [1.54, 1.807) is 6.07 Å². The number of fused-ring (bicyclic) bond motifs is 2. The van der Waals surface area contributed by atoms with E-state index in [1.165, 1.54) is 16.5 Å². The van der Waals surface area contributed by atoms with E-state index in [4.69, 9.17) is 9.47 Å². The van der Waals surface area contributed by atoms with E-state index < -0.39 is 11.9 Å². The predicted octanol–water partition coefficient (Wildman–Crippen LogP) is 3.81. The summed E-state index contributed by atoms with van der Waals surface area (Å²) in [5, 5.41) is 10.3. The van der Waals surface area contributed by atoms with Crippen LogP contribution < -0.4 is 0 Å². The van der Waals surface area contributed by atoms with Gasteiger partial charge in [0.2, 0.25) is 5.79 Å². The second-order valence-corrected chi connectivity index (χ2v) is 8.80. The van der Waals surface area contributed by atoms with Crippen LogP contribution in [0.2, 0.25) is 0 Å². The average molecular weight is 372 g/mol. The molecule has 5 rings (SSSR count). The van der Waals surface area contributed by atoms with E-state index in [1.807, 2.05) is 24.8 Å². The van der Waals surface area contributed by atoms with Crippen molar-refractivity contribution in [2.75, 3.05) is 0 Å². The van der Waals surface area contributed by atoms with Crippen LogP contribution in [0.15, 0.2) is 47.4 Å². The Balaban J connectivity index is 1.37. The maximum Gasteiger partial charge on any atom is 0.223 e. The Morgan fingerprint density at radius 1 is 1.23 bits per heavy atom. The molecule has 26 heavy (non-hydrogen) atoms. The van der Waals surface area contributed by atoms with Crippen LogP contribution in [0.5, 0.6) is 0 Å². The van der Waals surface area contributed by atoms with Gasteiger partial charge in [-0.25, -0.2) is 4.39 Å². The highest BCUT2D eigenvalue weighted by molar-refractivity contribution is 8.00. The first-order valence-electron chi connectivity index (χ1n) is 9.12. The fraction of sp³-hybridized carbons (Fsp3) is 0.429. The number of aliphatic hydroxyl groups excluding tert-OH is 1. The molecule has 2 aromatic carbocycles. The van der Waals surface area contributed by atoms with E-state index in [0.717, 1.165) is 12.0 Å². The normalized spacial score (nSPS) is 35.0. The van der Waals surface area contributed by atoms with Crippen molar-refractivity contribution in [2.24, 2.45) is 0 Å². The third kappa shape index (κ3) is 2.69. The summed E-state index contributed by atoms with van der Waals surface area (Å²) < 4.78 is 26.2. The minimum absolute atomic E-state index is 0.142. The molecule has 5 atom stereocenters. The van der Waals surface area contributed by atoms with Gasteiger partial charge in [-0.1, -0.05) is 24.3 Å². The third-order valence-electron chi connectivity index (χ3n) is 5.65. The molecule has 0 saturated carbocycles. The molecular weight excluding hydrogens is 351 g/mol. The van der Waals surface area contributed by atoms with E-state index in [-0.39, 0.29) is 18.0 Å². The molecule has 0 aromatic heterocycles. The number of thioether (sulfide) groups is 1. The summed E-state index contributed by atoms with van der Waals surface area (Å²) in [6.07, 6.45) is 1.26. The summed E-state index contributed by atoms with van der Waals surface area (Å²) in [7, 11) is 0. The first-order valence-corrected chi connectivity index (χ1v) is 10.0. The first kappa shape index (κ1) is 16.8. The van der Waals surface area contributed by atoms with E-state index in [2.05, 4.69) is 24.3 Å². The number of ether oxygens (including phenoxy) is 2. The van der Waals surface area contributed by atoms with E-state index in [9.17, 15) is 9.50 Å². The molecule has 3 aliphatic heterocycles. The highest BCUT2D eigenvalue weighted by atomic mass is 32.2. The number of hydrogen-bond acceptors (Lipinski definition) is 4. The van der Waals surface area contributed by atoms with Crippen molar-refractivity contribution in [3.05, 3.63) is 65.0 Å². The molecule has 5 unspecified atom stereocenters. The van der Waals surface area contributed by atoms with Crippen LogP contribution in [0.25, 0.3) is 0 Å². The van der Waals surface area contributed by atoms with Crippen LogP contribution >= 0.6 is 11.8 Å². The van der Waals surface area contributed by atoms with Gasteiger partial charge in [-0.05, 0) is 49.1 Å². The summed E-state index contributed by atoms with van der Waals surface area (Å²) in [6.45, 7) is 1.85. The molecule has 2 saturated heterocycles. The number of benzene rings is 2. The Hall–Kier alpha value is -1.40. The summed E-state index contributed by atoms with van der Waals surface area (Å²) in [5.74, 6) is -0.977. The zero-order valence-corrected chi connectivity index (χ0v) is 15.3. The van der Waals surface area contributed by atoms with Crippen LogP contribution in [-0.4, -0.2) is 28.7 Å². The van der Waals surface area contributed by atoms with Crippen LogP contribution in [0.3, 0.4) is 0 Å². The Morgan fingerprint density at radius 3 is 2.92 bits per heavy atom. The fourth-order valence-corrected chi connectivity index (χ4v) is 5.48. The van der Waals surface area contributed by atoms with Crippen LogP contribution in [0, 0.1) is 5.82 Å². The lowest BCUT2D eigenvalue weighted by Crippen LogP contribution is -2.38. The largest absolute Gasteiger partial charge is 0.390 e. The monoisotopic (exact) mass is 372 g/mol. The Morgan fingerprint density at radius 2 is 2.08 bits per heavy atom. The molecule has 2 aromatic rings. The Labute approximate surface area is 156 Å². The van der Waals surface area contributed by atoms with E-state index in [0.29, 0.717) is 23.7 Å². The lowest BCUT2D eigenvalue weighted by molar-refractivity contribution is -0.140. The van der Waals surface area contributed by atoms with Crippen LogP contribution in [0.4, 0.5) is 4.39 Å². The quantitative estimate of drug-likeness (QED) is 0.832. The van der Waals surface area contributed by atoms with Gasteiger partial charge in [0.15, 0.2) is 0 Å². The lowest BCUT2D eigenvalue weighted by Gasteiger charge is -2.28. The molecule has 136 valence electrons. The molecule has 3 aliphatic rings.